The van der Waals surface area contributed by atoms with Crippen LogP contribution < -0.4 is 5.32 Å². The summed E-state index contributed by atoms with van der Waals surface area (Å²) in [7, 11) is 0. The Bertz CT molecular complexity index is 769. The smallest absolute Gasteiger partial charge is 0.311 e. The number of carbonyl (C=O) groups is 1. The molecule has 2 rings (SSSR count). The predicted octanol–water partition coefficient (Wildman–Crippen LogP) is 4.13. The van der Waals surface area contributed by atoms with Crippen LogP contribution in [0.3, 0.4) is 0 Å². The van der Waals surface area contributed by atoms with Crippen molar-refractivity contribution < 1.29 is 19.4 Å². The summed E-state index contributed by atoms with van der Waals surface area (Å²) in [5.74, 6) is -0.298. The Hall–Kier alpha value is -2.21. The first-order chi connectivity index (χ1) is 14.7. The molecule has 0 aliphatic heterocycles. The molecule has 0 saturated carbocycles. The number of nitrogens with one attached hydrogen (secondary N) is 1. The largest absolute Gasteiger partial charge is 0.459 e. The van der Waals surface area contributed by atoms with Crippen LogP contribution in [-0.2, 0) is 27.3 Å². The Morgan fingerprint density at radius 3 is 2.13 bits per heavy atom. The molecule has 0 spiro atoms. The summed E-state index contributed by atoms with van der Waals surface area (Å²) in [6.45, 7) is 9.05. The Kier molecular flexibility index (Phi) is 9.69. The molecule has 170 valence electrons. The highest BCUT2D eigenvalue weighted by molar-refractivity contribution is 5.75. The van der Waals surface area contributed by atoms with E-state index in [0.29, 0.717) is 19.6 Å². The van der Waals surface area contributed by atoms with E-state index < -0.39 is 17.1 Å². The molecule has 0 aromatic heterocycles. The summed E-state index contributed by atoms with van der Waals surface area (Å²) in [5, 5.41) is 14.2. The summed E-state index contributed by atoms with van der Waals surface area (Å²) in [4.78, 5) is 12.4. The molecule has 2 atom stereocenters. The van der Waals surface area contributed by atoms with Gasteiger partial charge in [0.2, 0.25) is 0 Å². The summed E-state index contributed by atoms with van der Waals surface area (Å²) >= 11 is 0. The third-order valence-corrected chi connectivity index (χ3v) is 4.91. The van der Waals surface area contributed by atoms with E-state index in [4.69, 9.17) is 9.47 Å². The summed E-state index contributed by atoms with van der Waals surface area (Å²) in [6.07, 6.45) is 0.656. The molecule has 2 aromatic rings. The minimum Gasteiger partial charge on any atom is -0.459 e. The van der Waals surface area contributed by atoms with Gasteiger partial charge in [-0.25, -0.2) is 0 Å². The van der Waals surface area contributed by atoms with Crippen LogP contribution in [0.25, 0.3) is 0 Å². The zero-order valence-electron chi connectivity index (χ0n) is 19.3. The van der Waals surface area contributed by atoms with Gasteiger partial charge in [-0.3, -0.25) is 4.79 Å². The molecule has 2 aromatic carbocycles. The molecule has 0 fully saturated rings. The summed E-state index contributed by atoms with van der Waals surface area (Å²) < 4.78 is 11.5. The Labute approximate surface area is 186 Å². The van der Waals surface area contributed by atoms with Crippen LogP contribution in [0.5, 0.6) is 0 Å². The van der Waals surface area contributed by atoms with Gasteiger partial charge in [-0.05, 0) is 51.8 Å². The van der Waals surface area contributed by atoms with Crippen LogP contribution in [0.15, 0.2) is 60.7 Å². The maximum absolute atomic E-state index is 12.4. The molecule has 0 aliphatic rings. The van der Waals surface area contributed by atoms with Gasteiger partial charge >= 0.3 is 5.97 Å². The summed E-state index contributed by atoms with van der Waals surface area (Å²) in [5.41, 5.74) is 0.659. The number of rotatable bonds is 12. The highest BCUT2D eigenvalue weighted by Gasteiger charge is 2.31. The number of hydrogen-bond acceptors (Lipinski definition) is 5. The van der Waals surface area contributed by atoms with Crippen LogP contribution in [0.2, 0.25) is 0 Å². The molecule has 0 unspecified atom stereocenters. The predicted molar refractivity (Wildman–Crippen MR) is 124 cm³/mol. The first-order valence-corrected chi connectivity index (χ1v) is 11.0. The lowest BCUT2D eigenvalue weighted by Gasteiger charge is -2.30. The third kappa shape index (κ3) is 10.1. The maximum atomic E-state index is 12.4. The fourth-order valence-corrected chi connectivity index (χ4v) is 3.14. The first kappa shape index (κ1) is 25.1. The molecule has 0 bridgehead atoms. The molecule has 0 heterocycles. The Balaban J connectivity index is 1.86. The van der Waals surface area contributed by atoms with Crippen LogP contribution in [0.4, 0.5) is 0 Å². The monoisotopic (exact) mass is 427 g/mol. The fraction of sp³-hybridized carbons (Fsp3) is 0.500. The van der Waals surface area contributed by atoms with E-state index in [1.54, 1.807) is 6.92 Å². The van der Waals surface area contributed by atoms with Gasteiger partial charge in [0.05, 0.1) is 24.2 Å². The highest BCUT2D eigenvalue weighted by atomic mass is 16.6. The Morgan fingerprint density at radius 1 is 0.968 bits per heavy atom. The number of benzene rings is 2. The third-order valence-electron chi connectivity index (χ3n) is 4.91. The van der Waals surface area contributed by atoms with E-state index in [1.165, 1.54) is 5.56 Å². The molecular weight excluding hydrogens is 390 g/mol. The number of hydrogen-bond donors (Lipinski definition) is 2. The number of carbonyl (C=O) groups excluding carboxylic acids is 1. The second-order valence-electron chi connectivity index (χ2n) is 9.39. The molecule has 0 saturated heterocycles. The zero-order chi connectivity index (χ0) is 22.7. The average molecular weight is 428 g/mol. The second-order valence-corrected chi connectivity index (χ2v) is 9.39. The minimum absolute atomic E-state index is 0.233. The molecule has 5 nitrogen and oxygen atoms in total. The minimum atomic E-state index is -1.03. The maximum Gasteiger partial charge on any atom is 0.311 e. The van der Waals surface area contributed by atoms with E-state index in [9.17, 15) is 9.90 Å². The van der Waals surface area contributed by atoms with Crippen LogP contribution in [0, 0.1) is 5.41 Å². The van der Waals surface area contributed by atoms with Crippen molar-refractivity contribution in [2.24, 2.45) is 5.41 Å². The van der Waals surface area contributed by atoms with Crippen molar-refractivity contribution >= 4 is 5.97 Å². The van der Waals surface area contributed by atoms with Gasteiger partial charge in [0.25, 0.3) is 0 Å². The van der Waals surface area contributed by atoms with Gasteiger partial charge in [0, 0.05) is 13.0 Å². The quantitative estimate of drug-likeness (QED) is 0.394. The van der Waals surface area contributed by atoms with Gasteiger partial charge in [-0.2, -0.15) is 0 Å². The fourth-order valence-electron chi connectivity index (χ4n) is 3.14. The van der Waals surface area contributed by atoms with E-state index >= 15 is 0 Å². The van der Waals surface area contributed by atoms with E-state index in [1.807, 2.05) is 69.3 Å². The molecule has 0 aliphatic carbocycles. The molecule has 5 heteroatoms. The van der Waals surface area contributed by atoms with Crippen molar-refractivity contribution in [3.8, 4) is 0 Å². The SMILES string of the molecule is CC(C)(C)C(=O)O[C@H](COCc1ccccc1)C[C@@](C)(O)CNCCc1ccccc1. The topological polar surface area (TPSA) is 67.8 Å². The van der Waals surface area contributed by atoms with E-state index in [0.717, 1.165) is 18.5 Å². The van der Waals surface area contributed by atoms with Crippen LogP contribution in [-0.4, -0.2) is 42.5 Å². The van der Waals surface area contributed by atoms with E-state index in [-0.39, 0.29) is 12.6 Å². The zero-order valence-corrected chi connectivity index (χ0v) is 19.3. The normalized spacial score (nSPS) is 14.6. The highest BCUT2D eigenvalue weighted by Crippen LogP contribution is 2.21. The second kappa shape index (κ2) is 12.0. The van der Waals surface area contributed by atoms with Gasteiger partial charge in [0.15, 0.2) is 0 Å². The van der Waals surface area contributed by atoms with Crippen LogP contribution >= 0.6 is 0 Å². The van der Waals surface area contributed by atoms with Crippen molar-refractivity contribution in [2.45, 2.75) is 58.8 Å². The van der Waals surface area contributed by atoms with Gasteiger partial charge < -0.3 is 19.9 Å². The standard InChI is InChI=1S/C26H37NO4/c1-25(2,3)24(28)31-23(19-30-18-22-13-9-6-10-14-22)17-26(4,29)20-27-16-15-21-11-7-5-8-12-21/h5-14,23,27,29H,15-20H2,1-4H3/t23-,26+/m0/s1. The molecular formula is C26H37NO4. The number of esters is 1. The van der Waals surface area contributed by atoms with Crippen molar-refractivity contribution in [2.75, 3.05) is 19.7 Å². The van der Waals surface area contributed by atoms with Crippen molar-refractivity contribution in [1.82, 2.24) is 5.32 Å². The van der Waals surface area contributed by atoms with Gasteiger partial charge in [0.1, 0.15) is 6.10 Å². The van der Waals surface area contributed by atoms with Crippen LogP contribution in [0.1, 0.15) is 45.2 Å². The lowest BCUT2D eigenvalue weighted by Crippen LogP contribution is -2.44. The summed E-state index contributed by atoms with van der Waals surface area (Å²) in [6, 6.07) is 20.1. The lowest BCUT2D eigenvalue weighted by atomic mass is 9.95. The van der Waals surface area contributed by atoms with Crippen molar-refractivity contribution in [3.05, 3.63) is 71.8 Å². The van der Waals surface area contributed by atoms with Crippen molar-refractivity contribution in [1.29, 1.82) is 0 Å². The number of ether oxygens (including phenoxy) is 2. The molecule has 31 heavy (non-hydrogen) atoms. The molecule has 2 N–H and O–H groups in total. The van der Waals surface area contributed by atoms with Gasteiger partial charge in [-0.15, -0.1) is 0 Å². The van der Waals surface area contributed by atoms with Crippen molar-refractivity contribution in [3.63, 3.8) is 0 Å². The van der Waals surface area contributed by atoms with Gasteiger partial charge in [-0.1, -0.05) is 60.7 Å². The Morgan fingerprint density at radius 2 is 1.55 bits per heavy atom. The molecule has 0 amide bonds. The van der Waals surface area contributed by atoms with E-state index in [2.05, 4.69) is 17.4 Å². The average Bonchev–Trinajstić information content (AvgIpc) is 2.72. The number of aliphatic hydroxyl groups is 1. The lowest BCUT2D eigenvalue weighted by molar-refractivity contribution is -0.165. The molecule has 0 radical (unpaired) electrons. The first-order valence-electron chi connectivity index (χ1n) is 11.0.